The third-order valence-corrected chi connectivity index (χ3v) is 3.55. The Hall–Kier alpha value is -1.62. The van der Waals surface area contributed by atoms with Crippen LogP contribution in [0.4, 0.5) is 0 Å². The van der Waals surface area contributed by atoms with Gasteiger partial charge in [0.1, 0.15) is 5.56 Å². The standard InChI is InChI=1S/C15H17BrN2O2/c1-3-14-13(15(19)20-4-2)9-17-18(14)10-11-5-7-12(16)8-6-11/h5-9H,3-4,10H2,1-2H3. The minimum Gasteiger partial charge on any atom is -0.462 e. The third-order valence-electron chi connectivity index (χ3n) is 3.02. The fourth-order valence-corrected chi connectivity index (χ4v) is 2.33. The van der Waals surface area contributed by atoms with Crippen LogP contribution in [-0.4, -0.2) is 22.4 Å². The van der Waals surface area contributed by atoms with Crippen LogP contribution in [0.5, 0.6) is 0 Å². The lowest BCUT2D eigenvalue weighted by Gasteiger charge is -2.08. The van der Waals surface area contributed by atoms with Crippen molar-refractivity contribution in [3.63, 3.8) is 0 Å². The summed E-state index contributed by atoms with van der Waals surface area (Å²) in [4.78, 5) is 11.9. The molecule has 0 amide bonds. The zero-order chi connectivity index (χ0) is 14.5. The molecule has 0 saturated carbocycles. The smallest absolute Gasteiger partial charge is 0.341 e. The first-order chi connectivity index (χ1) is 9.65. The molecule has 106 valence electrons. The monoisotopic (exact) mass is 336 g/mol. The number of ether oxygens (including phenoxy) is 1. The largest absolute Gasteiger partial charge is 0.462 e. The second-order valence-electron chi connectivity index (χ2n) is 4.36. The minimum atomic E-state index is -0.300. The Morgan fingerprint density at radius 2 is 2.00 bits per heavy atom. The number of halogens is 1. The topological polar surface area (TPSA) is 44.1 Å². The van der Waals surface area contributed by atoms with Gasteiger partial charge in [0.25, 0.3) is 0 Å². The summed E-state index contributed by atoms with van der Waals surface area (Å²) >= 11 is 3.42. The molecule has 0 N–H and O–H groups in total. The van der Waals surface area contributed by atoms with E-state index in [9.17, 15) is 4.79 Å². The molecule has 2 aromatic rings. The molecule has 0 aliphatic heterocycles. The van der Waals surface area contributed by atoms with Crippen LogP contribution in [-0.2, 0) is 17.7 Å². The second kappa shape index (κ2) is 6.70. The molecule has 0 atom stereocenters. The molecule has 0 unspecified atom stereocenters. The number of rotatable bonds is 5. The third kappa shape index (κ3) is 3.28. The van der Waals surface area contributed by atoms with Gasteiger partial charge < -0.3 is 4.74 Å². The summed E-state index contributed by atoms with van der Waals surface area (Å²) in [6.07, 6.45) is 2.33. The lowest BCUT2D eigenvalue weighted by molar-refractivity contribution is 0.0525. The van der Waals surface area contributed by atoms with Gasteiger partial charge in [-0.2, -0.15) is 5.10 Å². The van der Waals surface area contributed by atoms with Crippen LogP contribution >= 0.6 is 15.9 Å². The first-order valence-corrected chi connectivity index (χ1v) is 7.41. The molecule has 0 fully saturated rings. The van der Waals surface area contributed by atoms with Crippen molar-refractivity contribution in [1.29, 1.82) is 0 Å². The highest BCUT2D eigenvalue weighted by atomic mass is 79.9. The molecule has 1 aromatic carbocycles. The summed E-state index contributed by atoms with van der Waals surface area (Å²) < 4.78 is 7.95. The van der Waals surface area contributed by atoms with Gasteiger partial charge in [-0.05, 0) is 31.0 Å². The van der Waals surface area contributed by atoms with Crippen molar-refractivity contribution >= 4 is 21.9 Å². The number of carbonyl (C=O) groups is 1. The van der Waals surface area contributed by atoms with Gasteiger partial charge in [-0.3, -0.25) is 4.68 Å². The normalized spacial score (nSPS) is 10.6. The Morgan fingerprint density at radius 1 is 1.30 bits per heavy atom. The van der Waals surface area contributed by atoms with Gasteiger partial charge in [-0.1, -0.05) is 35.0 Å². The average Bonchev–Trinajstić information content (AvgIpc) is 2.84. The predicted molar refractivity (Wildman–Crippen MR) is 80.8 cm³/mol. The van der Waals surface area contributed by atoms with E-state index in [4.69, 9.17) is 4.74 Å². The molecule has 1 aromatic heterocycles. The van der Waals surface area contributed by atoms with Gasteiger partial charge in [0.15, 0.2) is 0 Å². The molecule has 1 heterocycles. The van der Waals surface area contributed by atoms with E-state index < -0.39 is 0 Å². The molecule has 4 nitrogen and oxygen atoms in total. The van der Waals surface area contributed by atoms with E-state index in [-0.39, 0.29) is 5.97 Å². The van der Waals surface area contributed by atoms with Gasteiger partial charge in [-0.15, -0.1) is 0 Å². The average molecular weight is 337 g/mol. The van der Waals surface area contributed by atoms with E-state index >= 15 is 0 Å². The van der Waals surface area contributed by atoms with E-state index in [0.29, 0.717) is 18.7 Å². The van der Waals surface area contributed by atoms with Gasteiger partial charge >= 0.3 is 5.97 Å². The van der Waals surface area contributed by atoms with Crippen LogP contribution < -0.4 is 0 Å². The number of esters is 1. The lowest BCUT2D eigenvalue weighted by Crippen LogP contribution is -2.10. The lowest BCUT2D eigenvalue weighted by atomic mass is 10.2. The van der Waals surface area contributed by atoms with Crippen molar-refractivity contribution < 1.29 is 9.53 Å². The second-order valence-corrected chi connectivity index (χ2v) is 5.28. The zero-order valence-corrected chi connectivity index (χ0v) is 13.2. The Bertz CT molecular complexity index is 590. The Morgan fingerprint density at radius 3 is 2.60 bits per heavy atom. The summed E-state index contributed by atoms with van der Waals surface area (Å²) in [5.74, 6) is -0.300. The number of carbonyl (C=O) groups excluding carboxylic acids is 1. The molecule has 5 heteroatoms. The molecular formula is C15H17BrN2O2. The van der Waals surface area contributed by atoms with Crippen molar-refractivity contribution in [1.82, 2.24) is 9.78 Å². The van der Waals surface area contributed by atoms with Crippen LogP contribution in [0.25, 0.3) is 0 Å². The van der Waals surface area contributed by atoms with Gasteiger partial charge in [0, 0.05) is 4.47 Å². The van der Waals surface area contributed by atoms with Crippen molar-refractivity contribution in [2.75, 3.05) is 6.61 Å². The number of hydrogen-bond donors (Lipinski definition) is 0. The zero-order valence-electron chi connectivity index (χ0n) is 11.6. The summed E-state index contributed by atoms with van der Waals surface area (Å²) in [7, 11) is 0. The first-order valence-electron chi connectivity index (χ1n) is 6.62. The molecule has 0 bridgehead atoms. The molecule has 0 aliphatic carbocycles. The van der Waals surface area contributed by atoms with Crippen molar-refractivity contribution in [3.05, 3.63) is 51.8 Å². The molecular weight excluding hydrogens is 320 g/mol. The van der Waals surface area contributed by atoms with Gasteiger partial charge in [0.2, 0.25) is 0 Å². The van der Waals surface area contributed by atoms with Crippen molar-refractivity contribution in [2.24, 2.45) is 0 Å². The predicted octanol–water partition coefficient (Wildman–Crippen LogP) is 3.43. The maximum atomic E-state index is 11.9. The highest BCUT2D eigenvalue weighted by Crippen LogP contribution is 2.15. The Balaban J connectivity index is 2.24. The van der Waals surface area contributed by atoms with Crippen LogP contribution in [0, 0.1) is 0 Å². The van der Waals surface area contributed by atoms with Crippen LogP contribution in [0.15, 0.2) is 34.9 Å². The van der Waals surface area contributed by atoms with Gasteiger partial charge in [0.05, 0.1) is 25.0 Å². The van der Waals surface area contributed by atoms with E-state index in [2.05, 4.69) is 21.0 Å². The summed E-state index contributed by atoms with van der Waals surface area (Å²) in [5.41, 5.74) is 2.61. The SMILES string of the molecule is CCOC(=O)c1cnn(Cc2ccc(Br)cc2)c1CC. The summed E-state index contributed by atoms with van der Waals surface area (Å²) in [5, 5.41) is 4.31. The molecule has 0 aliphatic rings. The number of aromatic nitrogens is 2. The highest BCUT2D eigenvalue weighted by Gasteiger charge is 2.17. The van der Waals surface area contributed by atoms with Crippen LogP contribution in [0.2, 0.25) is 0 Å². The van der Waals surface area contributed by atoms with E-state index in [1.165, 1.54) is 0 Å². The fraction of sp³-hybridized carbons (Fsp3) is 0.333. The summed E-state index contributed by atoms with van der Waals surface area (Å²) in [6, 6.07) is 8.07. The van der Waals surface area contributed by atoms with E-state index in [0.717, 1.165) is 22.2 Å². The van der Waals surface area contributed by atoms with Gasteiger partial charge in [-0.25, -0.2) is 4.79 Å². The Labute approximate surface area is 126 Å². The van der Waals surface area contributed by atoms with Crippen LogP contribution in [0.3, 0.4) is 0 Å². The molecule has 0 spiro atoms. The minimum absolute atomic E-state index is 0.300. The van der Waals surface area contributed by atoms with E-state index in [1.54, 1.807) is 13.1 Å². The number of hydrogen-bond acceptors (Lipinski definition) is 3. The quantitative estimate of drug-likeness (QED) is 0.785. The molecule has 2 rings (SSSR count). The first kappa shape index (κ1) is 14.8. The molecule has 20 heavy (non-hydrogen) atoms. The fourth-order valence-electron chi connectivity index (χ4n) is 2.06. The summed E-state index contributed by atoms with van der Waals surface area (Å²) in [6.45, 7) is 4.84. The Kier molecular flexibility index (Phi) is 4.95. The molecule has 0 saturated heterocycles. The van der Waals surface area contributed by atoms with Crippen molar-refractivity contribution in [3.8, 4) is 0 Å². The van der Waals surface area contributed by atoms with Crippen molar-refractivity contribution in [2.45, 2.75) is 26.8 Å². The van der Waals surface area contributed by atoms with E-state index in [1.807, 2.05) is 35.9 Å². The number of nitrogens with zero attached hydrogens (tertiary/aromatic N) is 2. The van der Waals surface area contributed by atoms with Crippen LogP contribution in [0.1, 0.15) is 35.5 Å². The molecule has 0 radical (unpaired) electrons. The number of benzene rings is 1. The maximum absolute atomic E-state index is 11.9. The highest BCUT2D eigenvalue weighted by molar-refractivity contribution is 9.10. The maximum Gasteiger partial charge on any atom is 0.341 e.